The molecule has 1 aliphatic carbocycles. The lowest BCUT2D eigenvalue weighted by atomic mass is 9.98. The molecule has 2 atom stereocenters. The van der Waals surface area contributed by atoms with E-state index < -0.39 is 0 Å². The van der Waals surface area contributed by atoms with E-state index in [9.17, 15) is 4.79 Å². The van der Waals surface area contributed by atoms with Crippen molar-refractivity contribution < 1.29 is 19.0 Å². The van der Waals surface area contributed by atoms with Crippen molar-refractivity contribution in [2.75, 3.05) is 31.7 Å². The largest absolute Gasteiger partial charge is 0.493 e. The Morgan fingerprint density at radius 2 is 1.73 bits per heavy atom. The van der Waals surface area contributed by atoms with E-state index in [4.69, 9.17) is 14.2 Å². The number of methoxy groups -OCH3 is 1. The summed E-state index contributed by atoms with van der Waals surface area (Å²) in [4.78, 5) is 13.8. The Bertz CT molecular complexity index is 829. The van der Waals surface area contributed by atoms with Crippen LogP contribution in [0.3, 0.4) is 0 Å². The average Bonchev–Trinajstić information content (AvgIpc) is 3.49. The molecule has 2 aliphatic rings. The summed E-state index contributed by atoms with van der Waals surface area (Å²) < 4.78 is 16.8. The minimum Gasteiger partial charge on any atom is -0.493 e. The molecule has 0 radical (unpaired) electrons. The van der Waals surface area contributed by atoms with Gasteiger partial charge >= 0.3 is 5.97 Å². The monoisotopic (exact) mass is 409 g/mol. The highest BCUT2D eigenvalue weighted by molar-refractivity contribution is 5.70. The van der Waals surface area contributed by atoms with Gasteiger partial charge in [-0.2, -0.15) is 0 Å². The van der Waals surface area contributed by atoms with E-state index >= 15 is 0 Å². The molecule has 1 saturated carbocycles. The van der Waals surface area contributed by atoms with Crippen LogP contribution in [0, 0.1) is 5.92 Å². The minimum atomic E-state index is -0.184. The Kier molecular flexibility index (Phi) is 6.46. The lowest BCUT2D eigenvalue weighted by molar-refractivity contribution is -0.140. The highest BCUT2D eigenvalue weighted by Gasteiger charge is 2.25. The Morgan fingerprint density at radius 3 is 2.40 bits per heavy atom. The molecule has 0 N–H and O–H groups in total. The van der Waals surface area contributed by atoms with E-state index in [1.165, 1.54) is 25.6 Å². The molecule has 4 rings (SSSR count). The quantitative estimate of drug-likeness (QED) is 0.557. The van der Waals surface area contributed by atoms with Crippen molar-refractivity contribution in [1.82, 2.24) is 0 Å². The van der Waals surface area contributed by atoms with Gasteiger partial charge < -0.3 is 19.1 Å². The molecule has 0 spiro atoms. The molecule has 0 bridgehead atoms. The molecule has 30 heavy (non-hydrogen) atoms. The van der Waals surface area contributed by atoms with Gasteiger partial charge in [0.25, 0.3) is 0 Å². The van der Waals surface area contributed by atoms with Crippen LogP contribution in [0.25, 0.3) is 0 Å². The normalized spacial score (nSPS) is 19.4. The van der Waals surface area contributed by atoms with E-state index in [1.807, 2.05) is 31.2 Å². The first-order chi connectivity index (χ1) is 14.6. The van der Waals surface area contributed by atoms with Gasteiger partial charge in [-0.1, -0.05) is 19.1 Å². The summed E-state index contributed by atoms with van der Waals surface area (Å²) in [7, 11) is 1.42. The van der Waals surface area contributed by atoms with Crippen molar-refractivity contribution in [2.24, 2.45) is 5.92 Å². The molecule has 2 aromatic carbocycles. The highest BCUT2D eigenvalue weighted by Crippen LogP contribution is 2.31. The molecule has 5 nitrogen and oxygen atoms in total. The van der Waals surface area contributed by atoms with Gasteiger partial charge in [-0.15, -0.1) is 0 Å². The fourth-order valence-corrected chi connectivity index (χ4v) is 3.83. The molecule has 2 fully saturated rings. The number of hydrogen-bond donors (Lipinski definition) is 0. The lowest BCUT2D eigenvalue weighted by Gasteiger charge is -2.20. The maximum absolute atomic E-state index is 11.5. The van der Waals surface area contributed by atoms with Crippen LogP contribution in [0.5, 0.6) is 11.5 Å². The third kappa shape index (κ3) is 5.47. The van der Waals surface area contributed by atoms with Crippen molar-refractivity contribution in [2.45, 2.75) is 44.6 Å². The molecule has 1 saturated heterocycles. The van der Waals surface area contributed by atoms with Crippen molar-refractivity contribution in [3.63, 3.8) is 0 Å². The maximum Gasteiger partial charge on any atom is 0.306 e. The number of carbonyl (C=O) groups excluding carboxylic acids is 1. The zero-order valence-electron chi connectivity index (χ0n) is 17.9. The van der Waals surface area contributed by atoms with Crippen LogP contribution < -0.4 is 14.4 Å². The lowest BCUT2D eigenvalue weighted by Crippen LogP contribution is -2.24. The van der Waals surface area contributed by atoms with Crippen LogP contribution in [0.2, 0.25) is 0 Å². The first-order valence-corrected chi connectivity index (χ1v) is 10.9. The van der Waals surface area contributed by atoms with Crippen LogP contribution >= 0.6 is 0 Å². The first kappa shape index (κ1) is 20.6. The minimum absolute atomic E-state index is 0.129. The van der Waals surface area contributed by atoms with Crippen LogP contribution in [0.15, 0.2) is 48.5 Å². The molecule has 1 unspecified atom stereocenters. The van der Waals surface area contributed by atoms with E-state index in [2.05, 4.69) is 29.2 Å². The van der Waals surface area contributed by atoms with E-state index in [0.717, 1.165) is 49.1 Å². The van der Waals surface area contributed by atoms with E-state index in [-0.39, 0.29) is 18.0 Å². The van der Waals surface area contributed by atoms with Gasteiger partial charge in [0.05, 0.1) is 26.7 Å². The molecule has 0 aromatic heterocycles. The summed E-state index contributed by atoms with van der Waals surface area (Å²) >= 11 is 0. The Hall–Kier alpha value is -2.69. The molecule has 5 heteroatoms. The van der Waals surface area contributed by atoms with Gasteiger partial charge in [0.15, 0.2) is 0 Å². The number of nitrogens with zero attached hydrogens (tertiary/aromatic N) is 1. The molecule has 160 valence electrons. The number of anilines is 1. The zero-order valence-corrected chi connectivity index (χ0v) is 17.9. The van der Waals surface area contributed by atoms with Crippen molar-refractivity contribution in [1.29, 1.82) is 0 Å². The van der Waals surface area contributed by atoms with Gasteiger partial charge in [-0.25, -0.2) is 0 Å². The predicted octanol–water partition coefficient (Wildman–Crippen LogP) is 4.80. The number of ether oxygens (including phenoxy) is 3. The van der Waals surface area contributed by atoms with Crippen LogP contribution in [-0.2, 0) is 9.53 Å². The molecule has 1 heterocycles. The summed E-state index contributed by atoms with van der Waals surface area (Å²) in [6.07, 6.45) is 4.18. The standard InChI is InChI=1S/C25H31NO4/c1-18(15-25(27)28-2)20-5-9-23(10-6-20)30-24-13-14-26(16-24)21-7-11-22(12-8-21)29-17-19-3-4-19/h5-12,18-19,24H,3-4,13-17H2,1-2H3/t18-,24?/m1/s1. The number of hydrogen-bond acceptors (Lipinski definition) is 5. The fraction of sp³-hybridized carbons (Fsp3) is 0.480. The van der Waals surface area contributed by atoms with E-state index in [1.54, 1.807) is 0 Å². The fourth-order valence-electron chi connectivity index (χ4n) is 3.83. The summed E-state index contributed by atoms with van der Waals surface area (Å²) in [6, 6.07) is 16.5. The van der Waals surface area contributed by atoms with Gasteiger partial charge in [0.1, 0.15) is 17.6 Å². The molecule has 2 aromatic rings. The smallest absolute Gasteiger partial charge is 0.306 e. The molecular weight excluding hydrogens is 378 g/mol. The molecule has 1 aliphatic heterocycles. The SMILES string of the molecule is COC(=O)C[C@@H](C)c1ccc(OC2CCN(c3ccc(OCC4CC4)cc3)C2)cc1. The second kappa shape index (κ2) is 9.41. The number of carbonyl (C=O) groups is 1. The topological polar surface area (TPSA) is 48.0 Å². The summed E-state index contributed by atoms with van der Waals surface area (Å²) in [6.45, 7) is 4.74. The molecular formula is C25H31NO4. The number of benzene rings is 2. The van der Waals surface area contributed by atoms with Crippen LogP contribution in [0.4, 0.5) is 5.69 Å². The van der Waals surface area contributed by atoms with Gasteiger partial charge in [-0.05, 0) is 66.6 Å². The van der Waals surface area contributed by atoms with Crippen molar-refractivity contribution in [3.8, 4) is 11.5 Å². The third-order valence-corrected chi connectivity index (χ3v) is 5.98. The highest BCUT2D eigenvalue weighted by atomic mass is 16.5. The van der Waals surface area contributed by atoms with Gasteiger partial charge in [0.2, 0.25) is 0 Å². The van der Waals surface area contributed by atoms with Gasteiger partial charge in [-0.3, -0.25) is 4.79 Å². The van der Waals surface area contributed by atoms with E-state index in [0.29, 0.717) is 6.42 Å². The first-order valence-electron chi connectivity index (χ1n) is 10.9. The van der Waals surface area contributed by atoms with Crippen molar-refractivity contribution in [3.05, 3.63) is 54.1 Å². The Labute approximate surface area is 178 Å². The Morgan fingerprint density at radius 1 is 1.03 bits per heavy atom. The summed E-state index contributed by atoms with van der Waals surface area (Å²) in [5, 5.41) is 0. The average molecular weight is 410 g/mol. The van der Waals surface area contributed by atoms with Gasteiger partial charge in [0, 0.05) is 18.7 Å². The number of rotatable bonds is 9. The third-order valence-electron chi connectivity index (χ3n) is 5.98. The molecule has 0 amide bonds. The van der Waals surface area contributed by atoms with Crippen LogP contribution in [0.1, 0.15) is 44.1 Å². The summed E-state index contributed by atoms with van der Waals surface area (Å²) in [5.41, 5.74) is 2.33. The Balaban J connectivity index is 1.26. The second-order valence-electron chi connectivity index (χ2n) is 8.47. The second-order valence-corrected chi connectivity index (χ2v) is 8.47. The van der Waals surface area contributed by atoms with Crippen LogP contribution in [-0.4, -0.2) is 38.9 Å². The maximum atomic E-state index is 11.5. The zero-order chi connectivity index (χ0) is 20.9. The number of esters is 1. The predicted molar refractivity (Wildman–Crippen MR) is 117 cm³/mol. The summed E-state index contributed by atoms with van der Waals surface area (Å²) in [5.74, 6) is 2.55. The van der Waals surface area contributed by atoms with Crippen molar-refractivity contribution >= 4 is 11.7 Å².